The second kappa shape index (κ2) is 12.4. The highest BCUT2D eigenvalue weighted by Crippen LogP contribution is 2.24. The highest BCUT2D eigenvalue weighted by atomic mass is 35.5. The first kappa shape index (κ1) is 24.8. The summed E-state index contributed by atoms with van der Waals surface area (Å²) in [5.74, 6) is 0.769. The molecule has 6 nitrogen and oxygen atoms in total. The van der Waals surface area contributed by atoms with E-state index in [1.165, 1.54) is 12.1 Å². The number of benzene rings is 3. The van der Waals surface area contributed by atoms with Crippen molar-refractivity contribution in [1.82, 2.24) is 5.32 Å². The molecule has 9 heteroatoms. The Morgan fingerprint density at radius 1 is 0.903 bits per heavy atom. The van der Waals surface area contributed by atoms with Crippen LogP contribution in [0.15, 0.2) is 66.7 Å². The molecule has 0 saturated carbocycles. The number of hydrogen-bond acceptors (Lipinski definition) is 5. The van der Waals surface area contributed by atoms with Crippen LogP contribution in [-0.2, 0) is 13.2 Å². The van der Waals surface area contributed by atoms with Gasteiger partial charge >= 0.3 is 0 Å². The highest BCUT2D eigenvalue weighted by Gasteiger charge is 2.06. The number of nitro benzene ring substituents is 1. The molecule has 0 aliphatic rings. The van der Waals surface area contributed by atoms with E-state index < -0.39 is 4.92 Å². The van der Waals surface area contributed by atoms with E-state index in [1.807, 2.05) is 36.4 Å². The molecule has 164 valence electrons. The molecule has 0 unspecified atom stereocenters. The number of anilines is 1. The van der Waals surface area contributed by atoms with E-state index in [4.69, 9.17) is 27.9 Å². The maximum atomic E-state index is 10.7. The summed E-state index contributed by atoms with van der Waals surface area (Å²) in [6, 6.07) is 19.4. The lowest BCUT2D eigenvalue weighted by atomic mass is 10.2. The molecule has 0 aliphatic carbocycles. The zero-order chi connectivity index (χ0) is 21.3. The van der Waals surface area contributed by atoms with Crippen LogP contribution < -0.4 is 15.4 Å². The van der Waals surface area contributed by atoms with Gasteiger partial charge in [-0.3, -0.25) is 10.1 Å². The van der Waals surface area contributed by atoms with Gasteiger partial charge in [0, 0.05) is 53.1 Å². The molecule has 0 spiro atoms. The van der Waals surface area contributed by atoms with Gasteiger partial charge in [0.2, 0.25) is 0 Å². The SMILES string of the molecule is Cl.O=[N+]([O-])c1ccc(NCCNCc2cc(Cl)ccc2OCc2ccc(Cl)cc2)cc1. The fourth-order valence-electron chi connectivity index (χ4n) is 2.79. The van der Waals surface area contributed by atoms with Crippen LogP contribution in [0.5, 0.6) is 5.75 Å². The number of nitro groups is 1. The summed E-state index contributed by atoms with van der Waals surface area (Å²) in [4.78, 5) is 10.3. The average Bonchev–Trinajstić information content (AvgIpc) is 2.74. The second-order valence-electron chi connectivity index (χ2n) is 6.57. The molecule has 3 aromatic rings. The maximum Gasteiger partial charge on any atom is 0.269 e. The summed E-state index contributed by atoms with van der Waals surface area (Å²) < 4.78 is 5.96. The lowest BCUT2D eigenvalue weighted by molar-refractivity contribution is -0.384. The topological polar surface area (TPSA) is 76.4 Å². The number of hydrogen-bond donors (Lipinski definition) is 2. The predicted molar refractivity (Wildman–Crippen MR) is 128 cm³/mol. The number of nitrogens with one attached hydrogen (secondary N) is 2. The minimum atomic E-state index is -0.414. The van der Waals surface area contributed by atoms with Gasteiger partial charge in [0.05, 0.1) is 4.92 Å². The van der Waals surface area contributed by atoms with Crippen molar-refractivity contribution >= 4 is 47.0 Å². The van der Waals surface area contributed by atoms with Crippen LogP contribution in [-0.4, -0.2) is 18.0 Å². The van der Waals surface area contributed by atoms with Crippen molar-refractivity contribution in [3.63, 3.8) is 0 Å². The van der Waals surface area contributed by atoms with E-state index in [2.05, 4.69) is 10.6 Å². The van der Waals surface area contributed by atoms with Crippen molar-refractivity contribution in [3.05, 3.63) is 98.0 Å². The molecule has 3 aromatic carbocycles. The Morgan fingerprint density at radius 2 is 1.58 bits per heavy atom. The number of halogens is 3. The highest BCUT2D eigenvalue weighted by molar-refractivity contribution is 6.30. The molecule has 0 radical (unpaired) electrons. The van der Waals surface area contributed by atoms with Crippen LogP contribution in [0.1, 0.15) is 11.1 Å². The van der Waals surface area contributed by atoms with Gasteiger partial charge in [-0.2, -0.15) is 0 Å². The second-order valence-corrected chi connectivity index (χ2v) is 7.45. The van der Waals surface area contributed by atoms with Gasteiger partial charge in [-0.15, -0.1) is 12.4 Å². The van der Waals surface area contributed by atoms with Crippen molar-refractivity contribution in [2.24, 2.45) is 0 Å². The average molecular weight is 483 g/mol. The number of rotatable bonds is 10. The van der Waals surface area contributed by atoms with Crippen LogP contribution >= 0.6 is 35.6 Å². The monoisotopic (exact) mass is 481 g/mol. The Bertz CT molecular complexity index is 984. The molecule has 0 aromatic heterocycles. The Labute approximate surface area is 197 Å². The van der Waals surface area contributed by atoms with Crippen LogP contribution in [0, 0.1) is 10.1 Å². The zero-order valence-electron chi connectivity index (χ0n) is 16.5. The summed E-state index contributed by atoms with van der Waals surface area (Å²) in [5, 5.41) is 18.6. The molecular formula is C22H22Cl3N3O3. The van der Waals surface area contributed by atoms with Gasteiger partial charge in [-0.25, -0.2) is 0 Å². The van der Waals surface area contributed by atoms with Crippen LogP contribution in [0.25, 0.3) is 0 Å². The fourth-order valence-corrected chi connectivity index (χ4v) is 3.11. The molecule has 0 bridgehead atoms. The molecule has 0 amide bonds. The normalized spacial score (nSPS) is 10.3. The number of non-ortho nitro benzene ring substituents is 1. The van der Waals surface area contributed by atoms with Crippen molar-refractivity contribution in [3.8, 4) is 5.75 Å². The van der Waals surface area contributed by atoms with Crippen LogP contribution in [0.4, 0.5) is 11.4 Å². The van der Waals surface area contributed by atoms with E-state index in [-0.39, 0.29) is 18.1 Å². The Morgan fingerprint density at radius 3 is 2.26 bits per heavy atom. The molecule has 0 saturated heterocycles. The first-order valence-electron chi connectivity index (χ1n) is 9.36. The third-order valence-electron chi connectivity index (χ3n) is 4.35. The third-order valence-corrected chi connectivity index (χ3v) is 4.84. The third kappa shape index (κ3) is 7.92. The first-order valence-corrected chi connectivity index (χ1v) is 10.1. The van der Waals surface area contributed by atoms with Crippen LogP contribution in [0.3, 0.4) is 0 Å². The Kier molecular flexibility index (Phi) is 9.88. The van der Waals surface area contributed by atoms with Gasteiger partial charge in [0.25, 0.3) is 5.69 Å². The largest absolute Gasteiger partial charge is 0.489 e. The lowest BCUT2D eigenvalue weighted by Crippen LogP contribution is -2.22. The Hall–Kier alpha value is -2.51. The fraction of sp³-hybridized carbons (Fsp3) is 0.182. The molecule has 2 N–H and O–H groups in total. The molecule has 0 fully saturated rings. The van der Waals surface area contributed by atoms with E-state index in [9.17, 15) is 10.1 Å². The summed E-state index contributed by atoms with van der Waals surface area (Å²) in [5.41, 5.74) is 2.90. The molecule has 31 heavy (non-hydrogen) atoms. The van der Waals surface area contributed by atoms with Gasteiger partial charge in [0.15, 0.2) is 0 Å². The van der Waals surface area contributed by atoms with E-state index >= 15 is 0 Å². The molecular weight excluding hydrogens is 461 g/mol. The van der Waals surface area contributed by atoms with Gasteiger partial charge in [-0.05, 0) is 48.0 Å². The summed E-state index contributed by atoms with van der Waals surface area (Å²) in [6.07, 6.45) is 0. The molecule has 3 rings (SSSR count). The smallest absolute Gasteiger partial charge is 0.269 e. The van der Waals surface area contributed by atoms with Gasteiger partial charge in [-0.1, -0.05) is 35.3 Å². The van der Waals surface area contributed by atoms with Crippen molar-refractivity contribution < 1.29 is 9.66 Å². The number of nitrogens with zero attached hydrogens (tertiary/aromatic N) is 1. The quantitative estimate of drug-likeness (QED) is 0.207. The lowest BCUT2D eigenvalue weighted by Gasteiger charge is -2.13. The number of ether oxygens (including phenoxy) is 1. The van der Waals surface area contributed by atoms with Crippen molar-refractivity contribution in [2.45, 2.75) is 13.2 Å². The minimum absolute atomic E-state index is 0. The van der Waals surface area contributed by atoms with Crippen molar-refractivity contribution in [2.75, 3.05) is 18.4 Å². The van der Waals surface area contributed by atoms with Gasteiger partial charge in [0.1, 0.15) is 12.4 Å². The van der Waals surface area contributed by atoms with E-state index in [1.54, 1.807) is 18.2 Å². The van der Waals surface area contributed by atoms with E-state index in [0.717, 1.165) is 22.6 Å². The maximum absolute atomic E-state index is 10.7. The van der Waals surface area contributed by atoms with Crippen LogP contribution in [0.2, 0.25) is 10.0 Å². The van der Waals surface area contributed by atoms with Crippen molar-refractivity contribution in [1.29, 1.82) is 0 Å². The zero-order valence-corrected chi connectivity index (χ0v) is 18.8. The minimum Gasteiger partial charge on any atom is -0.489 e. The molecule has 0 aliphatic heterocycles. The summed E-state index contributed by atoms with van der Waals surface area (Å²) in [6.45, 7) is 2.39. The molecule has 0 heterocycles. The first-order chi connectivity index (χ1) is 14.5. The summed E-state index contributed by atoms with van der Waals surface area (Å²) in [7, 11) is 0. The van der Waals surface area contributed by atoms with E-state index in [0.29, 0.717) is 36.3 Å². The Balaban J connectivity index is 0.00000341. The predicted octanol–water partition coefficient (Wildman–Crippen LogP) is 6.10. The van der Waals surface area contributed by atoms with Gasteiger partial charge < -0.3 is 15.4 Å². The standard InChI is InChI=1S/C22H21Cl2N3O3.ClH/c23-18-3-1-16(2-4-18)15-30-22-10-5-19(24)13-17(22)14-25-11-12-26-20-6-8-21(9-7-20)27(28)29;/h1-10,13,25-26H,11-12,14-15H2;1H. The molecule has 0 atom stereocenters. The summed E-state index contributed by atoms with van der Waals surface area (Å²) >= 11 is 12.1.